The molecule has 0 unspecified atom stereocenters. The second kappa shape index (κ2) is 9.77. The van der Waals surface area contributed by atoms with Crippen LogP contribution in [0.3, 0.4) is 0 Å². The Morgan fingerprint density at radius 1 is 1.00 bits per heavy atom. The highest BCUT2D eigenvalue weighted by Gasteiger charge is 2.39. The summed E-state index contributed by atoms with van der Waals surface area (Å²) in [5, 5.41) is 11.8. The van der Waals surface area contributed by atoms with Gasteiger partial charge in [-0.1, -0.05) is 0 Å². The summed E-state index contributed by atoms with van der Waals surface area (Å²) in [6, 6.07) is 0. The van der Waals surface area contributed by atoms with E-state index in [2.05, 4.69) is 21.0 Å². The Kier molecular flexibility index (Phi) is 6.96. The van der Waals surface area contributed by atoms with Crippen molar-refractivity contribution in [2.45, 2.75) is 64.1 Å². The smallest absolute Gasteiger partial charge is 0.358 e. The Balaban J connectivity index is 1.57. The molecule has 0 saturated heterocycles. The molecule has 0 saturated carbocycles. The van der Waals surface area contributed by atoms with Gasteiger partial charge in [-0.15, -0.1) is 11.3 Å². The maximum Gasteiger partial charge on any atom is 0.435 e. The molecule has 3 N–H and O–H groups in total. The zero-order valence-corrected chi connectivity index (χ0v) is 19.5. The van der Waals surface area contributed by atoms with Crippen molar-refractivity contribution in [3.63, 3.8) is 0 Å². The van der Waals surface area contributed by atoms with E-state index < -0.39 is 23.7 Å². The highest BCUT2D eigenvalue weighted by atomic mass is 32.1. The van der Waals surface area contributed by atoms with Crippen molar-refractivity contribution in [3.8, 4) is 0 Å². The molecule has 34 heavy (non-hydrogen) atoms. The lowest BCUT2D eigenvalue weighted by Crippen LogP contribution is -2.35. The number of hydrogen-bond acceptors (Lipinski definition) is 5. The molecule has 2 aliphatic carbocycles. The van der Waals surface area contributed by atoms with Crippen molar-refractivity contribution in [2.24, 2.45) is 0 Å². The third kappa shape index (κ3) is 4.96. The van der Waals surface area contributed by atoms with Crippen LogP contribution in [0.5, 0.6) is 0 Å². The number of anilines is 1. The normalized spacial score (nSPS) is 15.3. The molecule has 0 radical (unpaired) electrons. The van der Waals surface area contributed by atoms with Crippen molar-refractivity contribution < 1.29 is 27.6 Å². The highest BCUT2D eigenvalue weighted by molar-refractivity contribution is 7.17. The number of thiophene rings is 1. The molecule has 2 heterocycles. The van der Waals surface area contributed by atoms with Gasteiger partial charge in [-0.2, -0.15) is 18.3 Å². The first-order valence-electron chi connectivity index (χ1n) is 11.3. The maximum absolute atomic E-state index is 13.5. The molecule has 4 rings (SSSR count). The average molecular weight is 498 g/mol. The molecule has 3 amide bonds. The van der Waals surface area contributed by atoms with E-state index in [4.69, 9.17) is 0 Å². The molecular weight excluding hydrogens is 471 g/mol. The van der Waals surface area contributed by atoms with Gasteiger partial charge < -0.3 is 16.0 Å². The van der Waals surface area contributed by atoms with Crippen molar-refractivity contribution in [1.29, 1.82) is 0 Å². The van der Waals surface area contributed by atoms with Crippen LogP contribution in [-0.4, -0.2) is 41.1 Å². The zero-order chi connectivity index (χ0) is 24.5. The number of alkyl halides is 3. The second-order valence-electron chi connectivity index (χ2n) is 8.46. The summed E-state index contributed by atoms with van der Waals surface area (Å²) in [6.45, 7) is -0.576. The van der Waals surface area contributed by atoms with Crippen LogP contribution in [0.15, 0.2) is 0 Å². The number of carbonyl (C=O) groups is 3. The fourth-order valence-corrected chi connectivity index (χ4v) is 5.87. The second-order valence-corrected chi connectivity index (χ2v) is 9.56. The van der Waals surface area contributed by atoms with E-state index in [0.717, 1.165) is 40.8 Å². The molecule has 0 aliphatic heterocycles. The largest absolute Gasteiger partial charge is 0.435 e. The van der Waals surface area contributed by atoms with Gasteiger partial charge in [-0.25, -0.2) is 0 Å². The van der Waals surface area contributed by atoms with Crippen molar-refractivity contribution in [3.05, 3.63) is 33.0 Å². The summed E-state index contributed by atoms with van der Waals surface area (Å²) < 4.78 is 41.5. The van der Waals surface area contributed by atoms with Gasteiger partial charge in [0.25, 0.3) is 5.91 Å². The number of rotatable bonds is 6. The van der Waals surface area contributed by atoms with Crippen LogP contribution in [0.4, 0.5) is 18.2 Å². The van der Waals surface area contributed by atoms with Crippen LogP contribution in [0.2, 0.25) is 0 Å². The molecule has 0 aromatic carbocycles. The zero-order valence-electron chi connectivity index (χ0n) is 18.7. The van der Waals surface area contributed by atoms with Gasteiger partial charge in [-0.05, 0) is 56.9 Å². The Labute approximate surface area is 198 Å². The lowest BCUT2D eigenvalue weighted by Gasteiger charge is -2.15. The van der Waals surface area contributed by atoms with Gasteiger partial charge in [0, 0.05) is 23.2 Å². The van der Waals surface area contributed by atoms with Crippen molar-refractivity contribution >= 4 is 34.1 Å². The Morgan fingerprint density at radius 3 is 2.38 bits per heavy atom. The number of carbonyl (C=O) groups excluding carboxylic acids is 3. The van der Waals surface area contributed by atoms with Crippen LogP contribution in [-0.2, 0) is 48.0 Å². The fourth-order valence-electron chi connectivity index (χ4n) is 4.56. The topological polar surface area (TPSA) is 105 Å². The Hall–Kier alpha value is -2.89. The van der Waals surface area contributed by atoms with E-state index in [-0.39, 0.29) is 24.6 Å². The summed E-state index contributed by atoms with van der Waals surface area (Å²) in [6.07, 6.45) is 0.900. The van der Waals surface area contributed by atoms with E-state index in [1.807, 2.05) is 0 Å². The average Bonchev–Trinajstić information content (AvgIpc) is 3.35. The quantitative estimate of drug-likeness (QED) is 0.571. The molecule has 2 aliphatic rings. The molecule has 0 atom stereocenters. The Morgan fingerprint density at radius 2 is 1.68 bits per heavy atom. The number of nitrogens with one attached hydrogen (secondary N) is 3. The molecule has 8 nitrogen and oxygen atoms in total. The van der Waals surface area contributed by atoms with Crippen molar-refractivity contribution in [2.75, 3.05) is 18.9 Å². The fraction of sp³-hybridized carbons (Fsp3) is 0.545. The van der Waals surface area contributed by atoms with Gasteiger partial charge in [0.05, 0.1) is 12.1 Å². The van der Waals surface area contributed by atoms with Gasteiger partial charge in [0.2, 0.25) is 11.8 Å². The van der Waals surface area contributed by atoms with Gasteiger partial charge in [0.15, 0.2) is 5.69 Å². The van der Waals surface area contributed by atoms with E-state index in [0.29, 0.717) is 41.9 Å². The van der Waals surface area contributed by atoms with Crippen LogP contribution < -0.4 is 16.0 Å². The summed E-state index contributed by atoms with van der Waals surface area (Å²) in [7, 11) is 1.46. The number of halogens is 3. The SMILES string of the molecule is CNC(=O)CNC(=O)c1c(NC(=O)Cn2nc(C(F)(F)F)c3c2CCCC3)sc2c1CCCC2. The predicted molar refractivity (Wildman–Crippen MR) is 120 cm³/mol. The number of likely N-dealkylation sites (N-methyl/N-ethyl adjacent to an activating group) is 1. The molecule has 0 bridgehead atoms. The molecule has 184 valence electrons. The number of amides is 3. The number of fused-ring (bicyclic) bond motifs is 2. The standard InChI is InChI=1S/C22H26F3N5O3S/c1-26-16(31)10-27-20(33)18-13-7-3-5-9-15(13)34-21(18)28-17(32)11-30-14-8-4-2-6-12(14)19(29-30)22(23,24)25/h2-11H2,1H3,(H,26,31)(H,27,33)(H,28,32). The molecular formula is C22H26F3N5O3S. The first-order chi connectivity index (χ1) is 16.2. The van der Waals surface area contributed by atoms with E-state index >= 15 is 0 Å². The molecule has 0 fully saturated rings. The van der Waals surface area contributed by atoms with Crippen LogP contribution in [0, 0.1) is 0 Å². The lowest BCUT2D eigenvalue weighted by atomic mass is 9.95. The monoisotopic (exact) mass is 497 g/mol. The number of nitrogens with zero attached hydrogens (tertiary/aromatic N) is 2. The first-order valence-corrected chi connectivity index (χ1v) is 12.1. The lowest BCUT2D eigenvalue weighted by molar-refractivity contribution is -0.142. The number of aromatic nitrogens is 2. The van der Waals surface area contributed by atoms with Crippen LogP contribution in [0.25, 0.3) is 0 Å². The van der Waals surface area contributed by atoms with Crippen LogP contribution >= 0.6 is 11.3 Å². The predicted octanol–water partition coefficient (Wildman–Crippen LogP) is 2.84. The van der Waals surface area contributed by atoms with Crippen LogP contribution in [0.1, 0.15) is 63.4 Å². The van der Waals surface area contributed by atoms with E-state index in [1.54, 1.807) is 0 Å². The summed E-state index contributed by atoms with van der Waals surface area (Å²) in [5.74, 6) is -1.37. The maximum atomic E-state index is 13.5. The first kappa shape index (κ1) is 24.2. The van der Waals surface area contributed by atoms with Crippen molar-refractivity contribution in [1.82, 2.24) is 20.4 Å². The third-order valence-electron chi connectivity index (χ3n) is 6.16. The minimum atomic E-state index is -4.58. The summed E-state index contributed by atoms with van der Waals surface area (Å²) in [5.41, 5.74) is 0.887. The number of hydrogen-bond donors (Lipinski definition) is 3. The molecule has 2 aromatic rings. The molecule has 12 heteroatoms. The Bertz CT molecular complexity index is 1120. The number of aryl methyl sites for hydroxylation is 1. The molecule has 2 aromatic heterocycles. The minimum absolute atomic E-state index is 0.174. The third-order valence-corrected chi connectivity index (χ3v) is 7.37. The highest BCUT2D eigenvalue weighted by Crippen LogP contribution is 2.39. The van der Waals surface area contributed by atoms with Gasteiger partial charge >= 0.3 is 6.18 Å². The summed E-state index contributed by atoms with van der Waals surface area (Å²) in [4.78, 5) is 38.3. The van der Waals surface area contributed by atoms with Gasteiger partial charge in [0.1, 0.15) is 11.5 Å². The van der Waals surface area contributed by atoms with E-state index in [1.165, 1.54) is 18.4 Å². The van der Waals surface area contributed by atoms with E-state index in [9.17, 15) is 27.6 Å². The minimum Gasteiger partial charge on any atom is -0.358 e. The van der Waals surface area contributed by atoms with Gasteiger partial charge in [-0.3, -0.25) is 19.1 Å². The summed E-state index contributed by atoms with van der Waals surface area (Å²) >= 11 is 1.30. The molecule has 0 spiro atoms.